The maximum atomic E-state index is 11.2. The number of rotatable bonds is 5. The zero-order valence-corrected chi connectivity index (χ0v) is 13.5. The van der Waals surface area contributed by atoms with E-state index in [-0.39, 0.29) is 10.5 Å². The smallest absolute Gasteiger partial charge is 0.238 e. The molecule has 19 heavy (non-hydrogen) atoms. The first kappa shape index (κ1) is 16.4. The van der Waals surface area contributed by atoms with Crippen LogP contribution in [-0.4, -0.2) is 27.2 Å². The van der Waals surface area contributed by atoms with Crippen molar-refractivity contribution >= 4 is 26.0 Å². The van der Waals surface area contributed by atoms with Gasteiger partial charge in [-0.15, -0.1) is 0 Å². The Morgan fingerprint density at radius 2 is 1.89 bits per heavy atom. The predicted octanol–water partition coefficient (Wildman–Crippen LogP) is 2.29. The topological polar surface area (TPSA) is 78.6 Å². The molecular formula is C12H18BrNO4S. The first-order chi connectivity index (χ1) is 8.59. The number of halogens is 1. The van der Waals surface area contributed by atoms with Gasteiger partial charge >= 0.3 is 0 Å². The van der Waals surface area contributed by atoms with Gasteiger partial charge in [0.25, 0.3) is 0 Å². The molecule has 1 aromatic carbocycles. The van der Waals surface area contributed by atoms with E-state index in [1.54, 1.807) is 6.07 Å². The Bertz CT molecular complexity index is 537. The third-order valence-corrected chi connectivity index (χ3v) is 3.64. The molecule has 0 aliphatic carbocycles. The third-order valence-electron chi connectivity index (χ3n) is 2.11. The lowest BCUT2D eigenvalue weighted by atomic mass is 10.2. The molecule has 2 N–H and O–H groups in total. The maximum absolute atomic E-state index is 11.2. The monoisotopic (exact) mass is 351 g/mol. The van der Waals surface area contributed by atoms with E-state index in [2.05, 4.69) is 15.9 Å². The average Bonchev–Trinajstić information content (AvgIpc) is 2.23. The van der Waals surface area contributed by atoms with Crippen LogP contribution in [0.1, 0.15) is 20.8 Å². The summed E-state index contributed by atoms with van der Waals surface area (Å²) < 4.78 is 33.9. The van der Waals surface area contributed by atoms with Crippen molar-refractivity contribution in [1.82, 2.24) is 0 Å². The quantitative estimate of drug-likeness (QED) is 0.825. The summed E-state index contributed by atoms with van der Waals surface area (Å²) in [5.74, 6) is 0.546. The molecule has 1 rings (SSSR count). The van der Waals surface area contributed by atoms with Crippen LogP contribution in [0.2, 0.25) is 0 Å². The number of sulfonamides is 1. The lowest BCUT2D eigenvalue weighted by molar-refractivity contribution is -0.0163. The zero-order valence-electron chi connectivity index (χ0n) is 11.1. The van der Waals surface area contributed by atoms with Crippen LogP contribution < -0.4 is 9.88 Å². The molecule has 1 aromatic rings. The van der Waals surface area contributed by atoms with Gasteiger partial charge in [-0.1, -0.05) is 0 Å². The van der Waals surface area contributed by atoms with E-state index in [0.29, 0.717) is 23.4 Å². The van der Waals surface area contributed by atoms with E-state index in [4.69, 9.17) is 14.6 Å². The van der Waals surface area contributed by atoms with Gasteiger partial charge in [-0.3, -0.25) is 0 Å². The largest absolute Gasteiger partial charge is 0.490 e. The summed E-state index contributed by atoms with van der Waals surface area (Å²) >= 11 is 3.25. The van der Waals surface area contributed by atoms with Crippen LogP contribution in [0.5, 0.6) is 5.75 Å². The van der Waals surface area contributed by atoms with Gasteiger partial charge in [0.15, 0.2) is 0 Å². The van der Waals surface area contributed by atoms with Gasteiger partial charge in [0.1, 0.15) is 12.4 Å². The minimum atomic E-state index is -3.70. The summed E-state index contributed by atoms with van der Waals surface area (Å²) in [5.41, 5.74) is -0.210. The third kappa shape index (κ3) is 5.90. The zero-order chi connectivity index (χ0) is 14.7. The van der Waals surface area contributed by atoms with E-state index in [1.165, 1.54) is 12.1 Å². The van der Waals surface area contributed by atoms with Crippen molar-refractivity contribution in [3.63, 3.8) is 0 Å². The molecule has 108 valence electrons. The van der Waals surface area contributed by atoms with Gasteiger partial charge in [0, 0.05) is 0 Å². The average molecular weight is 352 g/mol. The fourth-order valence-corrected chi connectivity index (χ4v) is 2.46. The second kappa shape index (κ2) is 6.21. The Morgan fingerprint density at radius 1 is 1.26 bits per heavy atom. The van der Waals surface area contributed by atoms with Crippen LogP contribution in [-0.2, 0) is 14.8 Å². The summed E-state index contributed by atoms with van der Waals surface area (Å²) in [6.07, 6.45) is 0. The molecule has 0 aromatic heterocycles. The van der Waals surface area contributed by atoms with Crippen LogP contribution in [0.3, 0.4) is 0 Å². The molecule has 0 aliphatic rings. The Kier molecular flexibility index (Phi) is 5.37. The summed E-state index contributed by atoms with van der Waals surface area (Å²) in [4.78, 5) is 0.0395. The molecule has 0 heterocycles. The second-order valence-corrected chi connectivity index (χ2v) is 7.36. The van der Waals surface area contributed by atoms with Crippen molar-refractivity contribution in [2.75, 3.05) is 13.2 Å². The van der Waals surface area contributed by atoms with E-state index in [0.717, 1.165) is 0 Å². The molecule has 0 spiro atoms. The SMILES string of the molecule is CC(C)(C)OCCOc1ccc(S(N)(=O)=O)cc1Br. The molecule has 0 bridgehead atoms. The molecule has 0 fully saturated rings. The minimum absolute atomic E-state index is 0.0395. The van der Waals surface area contributed by atoms with Gasteiger partial charge in [-0.05, 0) is 54.9 Å². The number of hydrogen-bond acceptors (Lipinski definition) is 4. The highest BCUT2D eigenvalue weighted by Gasteiger charge is 2.12. The highest BCUT2D eigenvalue weighted by atomic mass is 79.9. The molecule has 0 atom stereocenters. The van der Waals surface area contributed by atoms with Crippen LogP contribution >= 0.6 is 15.9 Å². The first-order valence-electron chi connectivity index (χ1n) is 5.69. The lowest BCUT2D eigenvalue weighted by Crippen LogP contribution is -2.22. The van der Waals surface area contributed by atoms with E-state index < -0.39 is 10.0 Å². The summed E-state index contributed by atoms with van der Waals surface area (Å²) in [6, 6.07) is 4.37. The number of ether oxygens (including phenoxy) is 2. The number of nitrogens with two attached hydrogens (primary N) is 1. The maximum Gasteiger partial charge on any atom is 0.238 e. The van der Waals surface area contributed by atoms with Crippen molar-refractivity contribution < 1.29 is 17.9 Å². The Hall–Kier alpha value is -0.630. The highest BCUT2D eigenvalue weighted by Crippen LogP contribution is 2.27. The minimum Gasteiger partial charge on any atom is -0.490 e. The van der Waals surface area contributed by atoms with Gasteiger partial charge in [-0.25, -0.2) is 13.6 Å². The molecule has 0 aliphatic heterocycles. The lowest BCUT2D eigenvalue weighted by Gasteiger charge is -2.19. The molecule has 0 saturated heterocycles. The number of hydrogen-bond donors (Lipinski definition) is 1. The number of primary sulfonamides is 1. The first-order valence-corrected chi connectivity index (χ1v) is 8.03. The van der Waals surface area contributed by atoms with Crippen molar-refractivity contribution in [2.45, 2.75) is 31.3 Å². The van der Waals surface area contributed by atoms with E-state index in [9.17, 15) is 8.42 Å². The van der Waals surface area contributed by atoms with Crippen molar-refractivity contribution in [2.24, 2.45) is 5.14 Å². The summed E-state index contributed by atoms with van der Waals surface area (Å²) in [5, 5.41) is 5.04. The fourth-order valence-electron chi connectivity index (χ4n) is 1.28. The van der Waals surface area contributed by atoms with Crippen LogP contribution in [0.15, 0.2) is 27.6 Å². The molecule has 0 amide bonds. The highest BCUT2D eigenvalue weighted by molar-refractivity contribution is 9.10. The van der Waals surface area contributed by atoms with Crippen LogP contribution in [0.4, 0.5) is 0 Å². The normalized spacial score (nSPS) is 12.5. The van der Waals surface area contributed by atoms with Gasteiger partial charge in [0.05, 0.1) is 21.6 Å². The summed E-state index contributed by atoms with van der Waals surface area (Å²) in [6.45, 7) is 6.72. The fraction of sp³-hybridized carbons (Fsp3) is 0.500. The van der Waals surface area contributed by atoms with E-state index in [1.807, 2.05) is 20.8 Å². The van der Waals surface area contributed by atoms with Gasteiger partial charge < -0.3 is 9.47 Å². The Labute approximate surface area is 122 Å². The molecule has 0 saturated carbocycles. The second-order valence-electron chi connectivity index (χ2n) is 4.95. The van der Waals surface area contributed by atoms with Crippen LogP contribution in [0.25, 0.3) is 0 Å². The van der Waals surface area contributed by atoms with Crippen molar-refractivity contribution in [3.8, 4) is 5.75 Å². The van der Waals surface area contributed by atoms with Crippen LogP contribution in [0, 0.1) is 0 Å². The Balaban J connectivity index is 2.61. The molecule has 5 nitrogen and oxygen atoms in total. The van der Waals surface area contributed by atoms with E-state index >= 15 is 0 Å². The number of benzene rings is 1. The molecule has 0 unspecified atom stereocenters. The molecule has 7 heteroatoms. The molecule has 0 radical (unpaired) electrons. The van der Waals surface area contributed by atoms with Crippen molar-refractivity contribution in [3.05, 3.63) is 22.7 Å². The summed E-state index contributed by atoms with van der Waals surface area (Å²) in [7, 11) is -3.70. The van der Waals surface area contributed by atoms with Gasteiger partial charge in [-0.2, -0.15) is 0 Å². The van der Waals surface area contributed by atoms with Crippen molar-refractivity contribution in [1.29, 1.82) is 0 Å². The molecular weight excluding hydrogens is 334 g/mol. The van der Waals surface area contributed by atoms with Gasteiger partial charge in [0.2, 0.25) is 10.0 Å². The standard InChI is InChI=1S/C12H18BrNO4S/c1-12(2,3)18-7-6-17-11-5-4-9(8-10(11)13)19(14,15)16/h4-5,8H,6-7H2,1-3H3,(H2,14,15,16). The Morgan fingerprint density at radius 3 is 2.37 bits per heavy atom. The predicted molar refractivity (Wildman–Crippen MR) is 76.7 cm³/mol.